The number of aliphatic imine (C=N–C) groups is 1. The fraction of sp³-hybridized carbons (Fsp3) is 0.375. The number of nitrogens with one attached hydrogen (secondary N) is 2. The second-order valence-corrected chi connectivity index (χ2v) is 6.05. The van der Waals surface area contributed by atoms with Crippen molar-refractivity contribution in [1.82, 2.24) is 15.6 Å². The van der Waals surface area contributed by atoms with Crippen LogP contribution < -0.4 is 10.6 Å². The van der Waals surface area contributed by atoms with Crippen LogP contribution in [0.1, 0.15) is 25.5 Å². The number of oxazole rings is 1. The summed E-state index contributed by atoms with van der Waals surface area (Å²) in [5.41, 5.74) is 0.838. The monoisotopic (exact) mass is 444 g/mol. The van der Waals surface area contributed by atoms with Crippen molar-refractivity contribution in [3.8, 4) is 10.8 Å². The molecule has 3 rings (SSSR count). The van der Waals surface area contributed by atoms with Gasteiger partial charge in [-0.3, -0.25) is 0 Å². The molecule has 1 aliphatic carbocycles. The van der Waals surface area contributed by atoms with Gasteiger partial charge in [0, 0.05) is 12.6 Å². The zero-order chi connectivity index (χ0) is 15.2. The van der Waals surface area contributed by atoms with Crippen LogP contribution in [0.2, 0.25) is 0 Å². The third kappa shape index (κ3) is 5.07. The summed E-state index contributed by atoms with van der Waals surface area (Å²) in [7, 11) is 0. The minimum Gasteiger partial charge on any atom is -0.443 e. The number of nitrogens with zero attached hydrogens (tertiary/aromatic N) is 2. The van der Waals surface area contributed by atoms with Crippen molar-refractivity contribution < 1.29 is 4.42 Å². The summed E-state index contributed by atoms with van der Waals surface area (Å²) < 4.78 is 5.51. The highest BCUT2D eigenvalue weighted by Crippen LogP contribution is 2.23. The standard InChI is InChI=1S/C16H20N4OS.HI/c1-2-17-16(20-12-6-3-4-7-12)18-10-13-11-21-15(19-13)14-8-5-9-22-14;/h3-5,8-9,11-12H,2,6-7,10H2,1H3,(H2,17,18,20);1H. The molecule has 0 aromatic carbocycles. The first-order chi connectivity index (χ1) is 10.8. The van der Waals surface area contributed by atoms with E-state index in [2.05, 4.69) is 39.7 Å². The van der Waals surface area contributed by atoms with Gasteiger partial charge < -0.3 is 15.1 Å². The first-order valence-corrected chi connectivity index (χ1v) is 8.41. The lowest BCUT2D eigenvalue weighted by Crippen LogP contribution is -2.42. The van der Waals surface area contributed by atoms with E-state index in [-0.39, 0.29) is 24.0 Å². The van der Waals surface area contributed by atoms with E-state index in [1.165, 1.54) is 0 Å². The van der Waals surface area contributed by atoms with Crippen molar-refractivity contribution in [1.29, 1.82) is 0 Å². The van der Waals surface area contributed by atoms with Crippen molar-refractivity contribution >= 4 is 41.3 Å². The molecule has 7 heteroatoms. The molecule has 0 saturated heterocycles. The van der Waals surface area contributed by atoms with E-state index in [9.17, 15) is 0 Å². The molecule has 23 heavy (non-hydrogen) atoms. The number of halogens is 1. The van der Waals surface area contributed by atoms with Crippen molar-refractivity contribution in [3.05, 3.63) is 41.6 Å². The molecule has 2 heterocycles. The second kappa shape index (κ2) is 9.07. The summed E-state index contributed by atoms with van der Waals surface area (Å²) in [6.07, 6.45) is 8.19. The predicted octanol–water partition coefficient (Wildman–Crippen LogP) is 3.79. The van der Waals surface area contributed by atoms with Crippen molar-refractivity contribution in [2.24, 2.45) is 4.99 Å². The number of aromatic nitrogens is 1. The predicted molar refractivity (Wildman–Crippen MR) is 105 cm³/mol. The van der Waals surface area contributed by atoms with E-state index in [0.717, 1.165) is 35.9 Å². The first kappa shape index (κ1) is 18.0. The summed E-state index contributed by atoms with van der Waals surface area (Å²) in [6.45, 7) is 3.41. The van der Waals surface area contributed by atoms with Gasteiger partial charge in [-0.05, 0) is 31.2 Å². The van der Waals surface area contributed by atoms with Gasteiger partial charge in [0.2, 0.25) is 5.89 Å². The summed E-state index contributed by atoms with van der Waals surface area (Å²) in [6, 6.07) is 4.43. The van der Waals surface area contributed by atoms with Gasteiger partial charge in [0.25, 0.3) is 0 Å². The number of thiophene rings is 1. The molecule has 0 unspecified atom stereocenters. The Morgan fingerprint density at radius 1 is 1.43 bits per heavy atom. The Kier molecular flexibility index (Phi) is 7.10. The zero-order valence-electron chi connectivity index (χ0n) is 13.0. The van der Waals surface area contributed by atoms with Crippen LogP contribution in [0, 0.1) is 0 Å². The van der Waals surface area contributed by atoms with Gasteiger partial charge in [0.1, 0.15) is 12.0 Å². The molecule has 5 nitrogen and oxygen atoms in total. The van der Waals surface area contributed by atoms with Crippen LogP contribution >= 0.6 is 35.3 Å². The number of rotatable bonds is 5. The third-order valence-corrected chi connectivity index (χ3v) is 4.23. The minimum atomic E-state index is 0. The first-order valence-electron chi connectivity index (χ1n) is 7.53. The maximum Gasteiger partial charge on any atom is 0.236 e. The Labute approximate surface area is 157 Å². The zero-order valence-corrected chi connectivity index (χ0v) is 16.1. The fourth-order valence-electron chi connectivity index (χ4n) is 2.30. The Morgan fingerprint density at radius 2 is 2.26 bits per heavy atom. The minimum absolute atomic E-state index is 0. The largest absolute Gasteiger partial charge is 0.443 e. The summed E-state index contributed by atoms with van der Waals surface area (Å²) >= 11 is 1.62. The molecule has 0 fully saturated rings. The van der Waals surface area contributed by atoms with Gasteiger partial charge >= 0.3 is 0 Å². The van der Waals surface area contributed by atoms with Crippen LogP contribution in [-0.2, 0) is 6.54 Å². The Morgan fingerprint density at radius 3 is 2.96 bits per heavy atom. The number of guanidine groups is 1. The van der Waals surface area contributed by atoms with E-state index in [1.54, 1.807) is 17.6 Å². The molecule has 2 aromatic heterocycles. The van der Waals surface area contributed by atoms with Gasteiger partial charge in [0.15, 0.2) is 5.96 Å². The maximum atomic E-state index is 5.51. The second-order valence-electron chi connectivity index (χ2n) is 5.10. The molecule has 0 atom stereocenters. The van der Waals surface area contributed by atoms with Crippen molar-refractivity contribution in [3.63, 3.8) is 0 Å². The molecule has 0 radical (unpaired) electrons. The lowest BCUT2D eigenvalue weighted by Gasteiger charge is -2.16. The van der Waals surface area contributed by atoms with Crippen LogP contribution in [0.25, 0.3) is 10.8 Å². The van der Waals surface area contributed by atoms with E-state index >= 15 is 0 Å². The average molecular weight is 444 g/mol. The lowest BCUT2D eigenvalue weighted by atomic mass is 10.2. The molecule has 0 bridgehead atoms. The Hall–Kier alpha value is -1.35. The van der Waals surface area contributed by atoms with Gasteiger partial charge in [-0.1, -0.05) is 18.2 Å². The molecular weight excluding hydrogens is 423 g/mol. The number of hydrogen-bond acceptors (Lipinski definition) is 4. The Bertz CT molecular complexity index is 643. The molecule has 2 N–H and O–H groups in total. The maximum absolute atomic E-state index is 5.51. The highest BCUT2D eigenvalue weighted by atomic mass is 127. The molecular formula is C16H21IN4OS. The van der Waals surface area contributed by atoms with E-state index in [4.69, 9.17) is 4.42 Å². The van der Waals surface area contributed by atoms with E-state index < -0.39 is 0 Å². The SMILES string of the molecule is CCNC(=NCc1coc(-c2cccs2)n1)NC1CC=CC1.I. The van der Waals surface area contributed by atoms with Gasteiger partial charge in [-0.25, -0.2) is 9.98 Å². The van der Waals surface area contributed by atoms with Crippen molar-refractivity contribution in [2.45, 2.75) is 32.4 Å². The quantitative estimate of drug-likeness (QED) is 0.319. The van der Waals surface area contributed by atoms with Crippen LogP contribution in [0.15, 0.2) is 45.3 Å². The van der Waals surface area contributed by atoms with E-state index in [1.807, 2.05) is 17.5 Å². The normalized spacial score (nSPS) is 14.7. The topological polar surface area (TPSA) is 62.5 Å². The Balaban J connectivity index is 0.00000192. The summed E-state index contributed by atoms with van der Waals surface area (Å²) in [5.74, 6) is 1.50. The van der Waals surface area contributed by atoms with Crippen molar-refractivity contribution in [2.75, 3.05) is 6.54 Å². The highest BCUT2D eigenvalue weighted by molar-refractivity contribution is 14.0. The van der Waals surface area contributed by atoms with Gasteiger partial charge in [-0.2, -0.15) is 0 Å². The van der Waals surface area contributed by atoms with Crippen LogP contribution in [-0.4, -0.2) is 23.5 Å². The van der Waals surface area contributed by atoms with E-state index in [0.29, 0.717) is 18.5 Å². The number of hydrogen-bond donors (Lipinski definition) is 2. The molecule has 1 aliphatic rings. The summed E-state index contributed by atoms with van der Waals surface area (Å²) in [4.78, 5) is 10.1. The van der Waals surface area contributed by atoms with Gasteiger partial charge in [-0.15, -0.1) is 35.3 Å². The van der Waals surface area contributed by atoms with Crippen LogP contribution in [0.3, 0.4) is 0 Å². The highest BCUT2D eigenvalue weighted by Gasteiger charge is 2.12. The lowest BCUT2D eigenvalue weighted by molar-refractivity contribution is 0.574. The molecule has 0 spiro atoms. The van der Waals surface area contributed by atoms with Crippen LogP contribution in [0.4, 0.5) is 0 Å². The smallest absolute Gasteiger partial charge is 0.236 e. The molecule has 124 valence electrons. The molecule has 0 saturated carbocycles. The van der Waals surface area contributed by atoms with Crippen LogP contribution in [0.5, 0.6) is 0 Å². The molecule has 2 aromatic rings. The molecule has 0 amide bonds. The van der Waals surface area contributed by atoms with Gasteiger partial charge in [0.05, 0.1) is 11.4 Å². The molecule has 0 aliphatic heterocycles. The average Bonchev–Trinajstić information content (AvgIpc) is 3.26. The fourth-order valence-corrected chi connectivity index (χ4v) is 2.96. The third-order valence-electron chi connectivity index (χ3n) is 3.38. The summed E-state index contributed by atoms with van der Waals surface area (Å²) in [5, 5.41) is 8.72.